The minimum Gasteiger partial charge on any atom is -0.478 e. The molecule has 6 nitrogen and oxygen atoms in total. The van der Waals surface area contributed by atoms with Gasteiger partial charge in [0.25, 0.3) is 0 Å². The van der Waals surface area contributed by atoms with Crippen LogP contribution in [-0.2, 0) is 4.74 Å². The molecular weight excluding hydrogens is 396 g/mol. The number of carbonyl (C=O) groups is 2. The Bertz CT molecular complexity index is 508. The number of rotatable bonds is 6. The smallest absolute Gasteiger partial charge is 0.337 e. The molecule has 0 aliphatic rings. The van der Waals surface area contributed by atoms with Gasteiger partial charge in [0.15, 0.2) is 0 Å². The first-order valence-corrected chi connectivity index (χ1v) is 7.30. The lowest BCUT2D eigenvalue weighted by Crippen LogP contribution is -2.30. The van der Waals surface area contributed by atoms with E-state index in [1.807, 2.05) is 0 Å². The molecule has 20 heavy (non-hydrogen) atoms. The Kier molecular flexibility index (Phi) is 6.97. The van der Waals surface area contributed by atoms with Gasteiger partial charge < -0.3 is 20.5 Å². The maximum atomic E-state index is 11.7. The zero-order valence-electron chi connectivity index (χ0n) is 10.7. The van der Waals surface area contributed by atoms with Gasteiger partial charge in [0.1, 0.15) is 0 Å². The standard InChI is InChI=1S/C12H14Br2N2O4/c1-20-4-2-3-15-12(19)16-10-8(11(17)18)5-7(13)6-9(10)14/h5-6H,2-4H2,1H3,(H,17,18)(H2,15,16,19). The molecule has 0 aromatic heterocycles. The van der Waals surface area contributed by atoms with E-state index in [0.717, 1.165) is 0 Å². The number of amides is 2. The molecule has 0 atom stereocenters. The van der Waals surface area contributed by atoms with Gasteiger partial charge in [-0.1, -0.05) is 15.9 Å². The van der Waals surface area contributed by atoms with Crippen LogP contribution >= 0.6 is 31.9 Å². The van der Waals surface area contributed by atoms with E-state index in [4.69, 9.17) is 9.84 Å². The predicted molar refractivity (Wildman–Crippen MR) is 82.3 cm³/mol. The number of benzene rings is 1. The molecule has 1 aromatic carbocycles. The summed E-state index contributed by atoms with van der Waals surface area (Å²) in [7, 11) is 1.58. The van der Waals surface area contributed by atoms with Crippen LogP contribution in [0.3, 0.4) is 0 Å². The summed E-state index contributed by atoms with van der Waals surface area (Å²) in [6.45, 7) is 0.985. The normalized spacial score (nSPS) is 10.2. The molecule has 0 spiro atoms. The van der Waals surface area contributed by atoms with Gasteiger partial charge in [-0.05, 0) is 34.5 Å². The Labute approximate surface area is 133 Å². The summed E-state index contributed by atoms with van der Waals surface area (Å²) in [6.07, 6.45) is 0.678. The van der Waals surface area contributed by atoms with Crippen molar-refractivity contribution in [3.8, 4) is 0 Å². The van der Waals surface area contributed by atoms with Crippen molar-refractivity contribution < 1.29 is 19.4 Å². The largest absolute Gasteiger partial charge is 0.478 e. The lowest BCUT2D eigenvalue weighted by atomic mass is 10.2. The molecule has 0 radical (unpaired) electrons. The maximum absolute atomic E-state index is 11.7. The number of carboxylic acid groups (broad SMARTS) is 1. The van der Waals surface area contributed by atoms with Crippen LogP contribution < -0.4 is 10.6 Å². The van der Waals surface area contributed by atoms with Gasteiger partial charge in [0, 0.05) is 29.2 Å². The highest BCUT2D eigenvalue weighted by Gasteiger charge is 2.16. The number of nitrogens with one attached hydrogen (secondary N) is 2. The number of carbonyl (C=O) groups excluding carboxylic acids is 1. The van der Waals surface area contributed by atoms with Crippen molar-refractivity contribution in [2.24, 2.45) is 0 Å². The summed E-state index contributed by atoms with van der Waals surface area (Å²) in [5, 5.41) is 14.3. The Morgan fingerprint density at radius 3 is 2.65 bits per heavy atom. The molecule has 1 rings (SSSR count). The lowest BCUT2D eigenvalue weighted by molar-refractivity contribution is 0.0698. The molecule has 2 amide bonds. The molecular formula is C12H14Br2N2O4. The monoisotopic (exact) mass is 408 g/mol. The summed E-state index contributed by atoms with van der Waals surface area (Å²) < 4.78 is 5.95. The second kappa shape index (κ2) is 8.23. The number of methoxy groups -OCH3 is 1. The third kappa shape index (κ3) is 5.10. The number of anilines is 1. The third-order valence-corrected chi connectivity index (χ3v) is 3.42. The summed E-state index contributed by atoms with van der Waals surface area (Å²) in [5.41, 5.74) is 0.211. The molecule has 0 saturated carbocycles. The zero-order chi connectivity index (χ0) is 15.1. The van der Waals surface area contributed by atoms with E-state index >= 15 is 0 Å². The van der Waals surface area contributed by atoms with Crippen LogP contribution in [0.25, 0.3) is 0 Å². The molecule has 0 fully saturated rings. The van der Waals surface area contributed by atoms with Gasteiger partial charge in [-0.3, -0.25) is 0 Å². The Balaban J connectivity index is 2.76. The second-order valence-corrected chi connectivity index (χ2v) is 5.61. The third-order valence-electron chi connectivity index (χ3n) is 2.33. The van der Waals surface area contributed by atoms with Crippen LogP contribution in [0.4, 0.5) is 10.5 Å². The van der Waals surface area contributed by atoms with Crippen LogP contribution in [0.5, 0.6) is 0 Å². The Morgan fingerprint density at radius 1 is 1.35 bits per heavy atom. The van der Waals surface area contributed by atoms with Gasteiger partial charge in [-0.2, -0.15) is 0 Å². The SMILES string of the molecule is COCCCNC(=O)Nc1c(Br)cc(Br)cc1C(=O)O. The Hall–Kier alpha value is -1.12. The highest BCUT2D eigenvalue weighted by atomic mass is 79.9. The molecule has 0 bridgehead atoms. The molecule has 8 heteroatoms. The van der Waals surface area contributed by atoms with Crippen LogP contribution in [0.1, 0.15) is 16.8 Å². The van der Waals surface area contributed by atoms with Crippen LogP contribution in [0, 0.1) is 0 Å². The summed E-state index contributed by atoms with van der Waals surface area (Å²) in [6, 6.07) is 2.62. The molecule has 0 unspecified atom stereocenters. The number of aromatic carboxylic acids is 1. The van der Waals surface area contributed by atoms with Crippen LogP contribution in [-0.4, -0.2) is 37.4 Å². The fraction of sp³-hybridized carbons (Fsp3) is 0.333. The van der Waals surface area contributed by atoms with Crippen molar-refractivity contribution in [2.45, 2.75) is 6.42 Å². The minimum absolute atomic E-state index is 0.00158. The van der Waals surface area contributed by atoms with Crippen molar-refractivity contribution in [1.82, 2.24) is 5.32 Å². The van der Waals surface area contributed by atoms with Crippen molar-refractivity contribution in [3.63, 3.8) is 0 Å². The lowest BCUT2D eigenvalue weighted by Gasteiger charge is -2.12. The van der Waals surface area contributed by atoms with E-state index in [0.29, 0.717) is 28.5 Å². The first-order valence-electron chi connectivity index (χ1n) is 5.71. The molecule has 0 saturated heterocycles. The van der Waals surface area contributed by atoms with E-state index in [1.165, 1.54) is 6.07 Å². The number of carboxylic acids is 1. The zero-order valence-corrected chi connectivity index (χ0v) is 13.9. The fourth-order valence-electron chi connectivity index (χ4n) is 1.45. The van der Waals surface area contributed by atoms with Crippen LogP contribution in [0.15, 0.2) is 21.1 Å². The first kappa shape index (κ1) is 16.9. The molecule has 110 valence electrons. The number of hydrogen-bond acceptors (Lipinski definition) is 3. The Morgan fingerprint density at radius 2 is 2.05 bits per heavy atom. The summed E-state index contributed by atoms with van der Waals surface area (Å²) in [5.74, 6) is -1.12. The number of urea groups is 1. The number of halogens is 2. The molecule has 0 heterocycles. The van der Waals surface area contributed by atoms with E-state index in [-0.39, 0.29) is 11.3 Å². The van der Waals surface area contributed by atoms with Crippen LogP contribution in [0.2, 0.25) is 0 Å². The maximum Gasteiger partial charge on any atom is 0.337 e. The molecule has 3 N–H and O–H groups in total. The van der Waals surface area contributed by atoms with E-state index in [2.05, 4.69) is 42.5 Å². The van der Waals surface area contributed by atoms with E-state index in [9.17, 15) is 9.59 Å². The second-order valence-electron chi connectivity index (χ2n) is 3.84. The molecule has 1 aromatic rings. The van der Waals surface area contributed by atoms with Crippen molar-refractivity contribution in [3.05, 3.63) is 26.6 Å². The number of hydrogen-bond donors (Lipinski definition) is 3. The van der Waals surface area contributed by atoms with Crippen molar-refractivity contribution in [2.75, 3.05) is 25.6 Å². The van der Waals surface area contributed by atoms with Gasteiger partial charge in [0.05, 0.1) is 11.3 Å². The summed E-state index contributed by atoms with van der Waals surface area (Å²) >= 11 is 6.44. The van der Waals surface area contributed by atoms with Gasteiger partial charge in [0.2, 0.25) is 0 Å². The topological polar surface area (TPSA) is 87.7 Å². The number of ether oxygens (including phenoxy) is 1. The van der Waals surface area contributed by atoms with Gasteiger partial charge >= 0.3 is 12.0 Å². The van der Waals surface area contributed by atoms with Gasteiger partial charge in [-0.25, -0.2) is 9.59 Å². The van der Waals surface area contributed by atoms with Gasteiger partial charge in [-0.15, -0.1) is 0 Å². The average molecular weight is 410 g/mol. The minimum atomic E-state index is -1.12. The average Bonchev–Trinajstić information content (AvgIpc) is 2.37. The fourth-order valence-corrected chi connectivity index (χ4v) is 2.77. The molecule has 0 aliphatic heterocycles. The highest BCUT2D eigenvalue weighted by Crippen LogP contribution is 2.30. The molecule has 0 aliphatic carbocycles. The van der Waals surface area contributed by atoms with Crippen molar-refractivity contribution in [1.29, 1.82) is 0 Å². The quantitative estimate of drug-likeness (QED) is 0.630. The predicted octanol–water partition coefficient (Wildman–Crippen LogP) is 3.07. The van der Waals surface area contributed by atoms with Crippen molar-refractivity contribution >= 4 is 49.5 Å². The first-order chi connectivity index (χ1) is 9.45. The van der Waals surface area contributed by atoms with E-state index < -0.39 is 12.0 Å². The summed E-state index contributed by atoms with van der Waals surface area (Å²) in [4.78, 5) is 22.9. The highest BCUT2D eigenvalue weighted by molar-refractivity contribution is 9.11. The van der Waals surface area contributed by atoms with E-state index in [1.54, 1.807) is 13.2 Å².